The van der Waals surface area contributed by atoms with E-state index >= 15 is 0 Å². The summed E-state index contributed by atoms with van der Waals surface area (Å²) in [5.74, 6) is -2.54. The van der Waals surface area contributed by atoms with E-state index in [0.717, 1.165) is 19.3 Å². The molecular weight excluding hydrogens is 506 g/mol. The summed E-state index contributed by atoms with van der Waals surface area (Å²) in [5, 5.41) is 23.9. The maximum Gasteiger partial charge on any atom is 0.510 e. The van der Waals surface area contributed by atoms with Crippen LogP contribution in [0.3, 0.4) is 0 Å². The molecule has 0 spiro atoms. The number of amides is 1. The van der Waals surface area contributed by atoms with Crippen LogP contribution < -0.4 is 5.32 Å². The Morgan fingerprint density at radius 1 is 1.11 bits per heavy atom. The van der Waals surface area contributed by atoms with Crippen LogP contribution in [0.2, 0.25) is 0 Å². The van der Waals surface area contributed by atoms with Gasteiger partial charge in [0.2, 0.25) is 12.2 Å². The number of hydrogen-bond donors (Lipinski definition) is 3. The van der Waals surface area contributed by atoms with E-state index in [1.165, 1.54) is 20.8 Å². The molecule has 208 valence electrons. The maximum absolute atomic E-state index is 12.8. The number of carboxylic acids is 1. The number of benzene rings is 1. The molecule has 1 aliphatic rings. The predicted octanol–water partition coefficient (Wildman–Crippen LogP) is 2.76. The van der Waals surface area contributed by atoms with Crippen LogP contribution in [0.1, 0.15) is 64.9 Å². The SMILES string of the molecule is CC(=O)NCCCS(=O)(=O)OC(OC(=O)OC1CCCCC1)C(C)(C)[C@](O)(Cc1ccccc1)C(=O)O. The smallest absolute Gasteiger partial charge is 0.479 e. The molecule has 0 aliphatic heterocycles. The van der Waals surface area contributed by atoms with Crippen molar-refractivity contribution < 1.29 is 46.7 Å². The highest BCUT2D eigenvalue weighted by molar-refractivity contribution is 7.86. The lowest BCUT2D eigenvalue weighted by molar-refractivity contribution is -0.213. The van der Waals surface area contributed by atoms with E-state index in [4.69, 9.17) is 13.7 Å². The van der Waals surface area contributed by atoms with Gasteiger partial charge in [-0.2, -0.15) is 8.42 Å². The quantitative estimate of drug-likeness (QED) is 0.146. The zero-order valence-corrected chi connectivity index (χ0v) is 22.3. The molecule has 12 heteroatoms. The molecule has 0 aromatic heterocycles. The zero-order valence-electron chi connectivity index (χ0n) is 21.5. The second kappa shape index (κ2) is 13.2. The van der Waals surface area contributed by atoms with Gasteiger partial charge >= 0.3 is 12.1 Å². The van der Waals surface area contributed by atoms with Crippen molar-refractivity contribution in [1.82, 2.24) is 5.32 Å². The molecule has 1 fully saturated rings. The van der Waals surface area contributed by atoms with Crippen LogP contribution in [0, 0.1) is 5.41 Å². The van der Waals surface area contributed by atoms with Crippen molar-refractivity contribution in [2.45, 2.75) is 83.7 Å². The minimum Gasteiger partial charge on any atom is -0.479 e. The zero-order chi connectivity index (χ0) is 27.7. The van der Waals surface area contributed by atoms with E-state index in [-0.39, 0.29) is 18.9 Å². The number of carbonyl (C=O) groups is 3. The van der Waals surface area contributed by atoms with Crippen molar-refractivity contribution in [3.05, 3.63) is 35.9 Å². The standard InChI is InChI=1S/C25H37NO10S/c1-18(27)26-15-10-16-37(32,33)36-22(35-23(30)34-20-13-8-5-9-14-20)24(2,3)25(31,21(28)29)17-19-11-6-4-7-12-19/h4,6-7,11-12,20,22,31H,5,8-10,13-17H2,1-3H3,(H,26,27)(H,28,29)/t22?,25-/m0/s1. The number of rotatable bonds is 13. The summed E-state index contributed by atoms with van der Waals surface area (Å²) in [6.45, 7) is 3.84. The third-order valence-electron chi connectivity index (χ3n) is 6.51. The average molecular weight is 544 g/mol. The van der Waals surface area contributed by atoms with Gasteiger partial charge in [-0.3, -0.25) is 4.79 Å². The van der Waals surface area contributed by atoms with E-state index in [0.29, 0.717) is 18.4 Å². The van der Waals surface area contributed by atoms with Crippen LogP contribution in [0.5, 0.6) is 0 Å². The van der Waals surface area contributed by atoms with Crippen LogP contribution in [0.4, 0.5) is 4.79 Å². The number of hydrogen-bond acceptors (Lipinski definition) is 9. The minimum absolute atomic E-state index is 0.00516. The first-order chi connectivity index (χ1) is 17.3. The van der Waals surface area contributed by atoms with E-state index in [2.05, 4.69) is 5.32 Å². The van der Waals surface area contributed by atoms with Crippen LogP contribution >= 0.6 is 0 Å². The highest BCUT2D eigenvalue weighted by atomic mass is 32.2. The van der Waals surface area contributed by atoms with Crippen molar-refractivity contribution in [2.75, 3.05) is 12.3 Å². The van der Waals surface area contributed by atoms with Crippen molar-refractivity contribution in [3.63, 3.8) is 0 Å². The number of ether oxygens (including phenoxy) is 2. The highest BCUT2D eigenvalue weighted by Crippen LogP contribution is 2.40. The average Bonchev–Trinajstić information content (AvgIpc) is 2.82. The molecule has 1 aromatic rings. The summed E-state index contributed by atoms with van der Waals surface area (Å²) in [4.78, 5) is 36.0. The Bertz CT molecular complexity index is 1020. The molecule has 37 heavy (non-hydrogen) atoms. The molecular formula is C25H37NO10S. The van der Waals surface area contributed by atoms with Gasteiger partial charge in [-0.25, -0.2) is 13.8 Å². The number of aliphatic hydroxyl groups is 1. The minimum atomic E-state index is -4.39. The second-order valence-corrected chi connectivity index (χ2v) is 11.5. The lowest BCUT2D eigenvalue weighted by atomic mass is 9.71. The van der Waals surface area contributed by atoms with Crippen molar-refractivity contribution in [2.24, 2.45) is 5.41 Å². The van der Waals surface area contributed by atoms with E-state index in [9.17, 15) is 33.0 Å². The van der Waals surface area contributed by atoms with Crippen LogP contribution in [-0.4, -0.2) is 67.0 Å². The molecule has 0 radical (unpaired) electrons. The Balaban J connectivity index is 2.31. The Labute approximate surface area is 217 Å². The Morgan fingerprint density at radius 2 is 1.73 bits per heavy atom. The van der Waals surface area contributed by atoms with Crippen LogP contribution in [0.25, 0.3) is 0 Å². The van der Waals surface area contributed by atoms with E-state index in [1.54, 1.807) is 30.3 Å². The lowest BCUT2D eigenvalue weighted by Crippen LogP contribution is -2.60. The summed E-state index contributed by atoms with van der Waals surface area (Å²) in [7, 11) is -4.39. The summed E-state index contributed by atoms with van der Waals surface area (Å²) in [6.07, 6.45) is -0.0999. The molecule has 0 bridgehead atoms. The number of carbonyl (C=O) groups excluding carboxylic acids is 2. The first-order valence-corrected chi connectivity index (χ1v) is 13.9. The molecule has 0 saturated heterocycles. The molecule has 0 heterocycles. The van der Waals surface area contributed by atoms with Gasteiger partial charge < -0.3 is 25.0 Å². The van der Waals surface area contributed by atoms with Crippen molar-refractivity contribution >= 4 is 28.1 Å². The molecule has 1 aliphatic carbocycles. The molecule has 1 unspecified atom stereocenters. The lowest BCUT2D eigenvalue weighted by Gasteiger charge is -2.42. The number of nitrogens with one attached hydrogen (secondary N) is 1. The predicted molar refractivity (Wildman–Crippen MR) is 133 cm³/mol. The Morgan fingerprint density at radius 3 is 2.30 bits per heavy atom. The fourth-order valence-corrected chi connectivity index (χ4v) is 5.22. The highest BCUT2D eigenvalue weighted by Gasteiger charge is 2.57. The van der Waals surface area contributed by atoms with Gasteiger partial charge in [-0.15, -0.1) is 0 Å². The molecule has 3 N–H and O–H groups in total. The Kier molecular flexibility index (Phi) is 10.9. The normalized spacial score (nSPS) is 17.3. The van der Waals surface area contributed by atoms with Crippen molar-refractivity contribution in [1.29, 1.82) is 0 Å². The largest absolute Gasteiger partial charge is 0.510 e. The maximum atomic E-state index is 12.8. The summed E-state index contributed by atoms with van der Waals surface area (Å²) in [5.41, 5.74) is -4.11. The van der Waals surface area contributed by atoms with Crippen LogP contribution in [-0.2, 0) is 39.8 Å². The number of aliphatic carboxylic acids is 1. The fraction of sp³-hybridized carbons (Fsp3) is 0.640. The molecule has 1 aromatic carbocycles. The first-order valence-electron chi connectivity index (χ1n) is 12.3. The summed E-state index contributed by atoms with van der Waals surface area (Å²) in [6, 6.07) is 8.26. The monoisotopic (exact) mass is 543 g/mol. The molecule has 2 rings (SSSR count). The van der Waals surface area contributed by atoms with Crippen molar-refractivity contribution in [3.8, 4) is 0 Å². The van der Waals surface area contributed by atoms with Gasteiger partial charge in [0.15, 0.2) is 5.60 Å². The van der Waals surface area contributed by atoms with Gasteiger partial charge in [0.05, 0.1) is 11.2 Å². The van der Waals surface area contributed by atoms with Gasteiger partial charge in [0, 0.05) is 19.9 Å². The summed E-state index contributed by atoms with van der Waals surface area (Å²) >= 11 is 0. The topological polar surface area (TPSA) is 166 Å². The fourth-order valence-electron chi connectivity index (χ4n) is 4.08. The Hall–Kier alpha value is -2.70. The summed E-state index contributed by atoms with van der Waals surface area (Å²) < 4.78 is 41.4. The third-order valence-corrected chi connectivity index (χ3v) is 7.77. The molecule has 11 nitrogen and oxygen atoms in total. The first kappa shape index (κ1) is 30.5. The second-order valence-electron chi connectivity index (χ2n) is 9.82. The third kappa shape index (κ3) is 8.97. The molecule has 1 amide bonds. The molecule has 1 saturated carbocycles. The van der Waals surface area contributed by atoms with E-state index in [1.807, 2.05) is 0 Å². The van der Waals surface area contributed by atoms with Gasteiger partial charge in [-0.05, 0) is 37.7 Å². The number of carboxylic acid groups (broad SMARTS) is 1. The van der Waals surface area contributed by atoms with E-state index < -0.39 is 57.8 Å². The van der Waals surface area contributed by atoms with Gasteiger partial charge in [-0.1, -0.05) is 50.6 Å². The van der Waals surface area contributed by atoms with Crippen LogP contribution in [0.15, 0.2) is 30.3 Å². The van der Waals surface area contributed by atoms with Gasteiger partial charge in [0.1, 0.15) is 6.10 Å². The van der Waals surface area contributed by atoms with Gasteiger partial charge in [0.25, 0.3) is 10.1 Å². The molecule has 2 atom stereocenters.